The van der Waals surface area contributed by atoms with Gasteiger partial charge in [-0.15, -0.1) is 0 Å². The number of hydrogen-bond donors (Lipinski definition) is 1. The van der Waals surface area contributed by atoms with Crippen molar-refractivity contribution in [2.75, 3.05) is 19.6 Å². The lowest BCUT2D eigenvalue weighted by Gasteiger charge is -2.42. The van der Waals surface area contributed by atoms with Gasteiger partial charge in [-0.3, -0.25) is 4.90 Å². The molecule has 1 aliphatic heterocycles. The molecule has 3 heteroatoms. The third kappa shape index (κ3) is 2.34. The van der Waals surface area contributed by atoms with E-state index in [2.05, 4.69) is 43.1 Å². The summed E-state index contributed by atoms with van der Waals surface area (Å²) in [6.45, 7) is 11.1. The molecule has 2 heterocycles. The number of rotatable bonds is 3. The van der Waals surface area contributed by atoms with Crippen LogP contribution in [-0.2, 0) is 6.54 Å². The normalized spacial score (nSPS) is 31.5. The standard InChI is InChI=1S/C15H24N2O/c1-11-8-13(11)14-5-4-12(18-14)9-17-7-6-16-10-15(17,2)3/h4-5,11,13,16H,6-10H2,1-3H3. The van der Waals surface area contributed by atoms with Crippen molar-refractivity contribution in [1.29, 1.82) is 0 Å². The molecule has 2 aliphatic rings. The second-order valence-corrected chi connectivity index (χ2v) is 6.53. The fraction of sp³-hybridized carbons (Fsp3) is 0.733. The van der Waals surface area contributed by atoms with Gasteiger partial charge in [0.2, 0.25) is 0 Å². The molecule has 1 aliphatic carbocycles. The van der Waals surface area contributed by atoms with Crippen LogP contribution in [0.25, 0.3) is 0 Å². The molecule has 3 rings (SSSR count). The molecular weight excluding hydrogens is 224 g/mol. The maximum absolute atomic E-state index is 6.01. The van der Waals surface area contributed by atoms with E-state index in [1.165, 1.54) is 12.2 Å². The molecule has 1 saturated heterocycles. The Bertz CT molecular complexity index is 424. The van der Waals surface area contributed by atoms with Crippen molar-refractivity contribution in [3.8, 4) is 0 Å². The van der Waals surface area contributed by atoms with Gasteiger partial charge < -0.3 is 9.73 Å². The first-order chi connectivity index (χ1) is 8.56. The molecule has 0 amide bonds. The zero-order valence-corrected chi connectivity index (χ0v) is 11.7. The van der Waals surface area contributed by atoms with E-state index in [0.29, 0.717) is 5.92 Å². The average molecular weight is 248 g/mol. The molecule has 2 fully saturated rings. The van der Waals surface area contributed by atoms with E-state index < -0.39 is 0 Å². The quantitative estimate of drug-likeness (QED) is 0.891. The molecule has 100 valence electrons. The predicted octanol–water partition coefficient (Wildman–Crippen LogP) is 2.59. The van der Waals surface area contributed by atoms with Crippen LogP contribution in [0.15, 0.2) is 16.5 Å². The van der Waals surface area contributed by atoms with Crippen LogP contribution in [0, 0.1) is 5.92 Å². The Kier molecular flexibility index (Phi) is 2.99. The number of nitrogens with one attached hydrogen (secondary N) is 1. The largest absolute Gasteiger partial charge is 0.464 e. The maximum Gasteiger partial charge on any atom is 0.118 e. The minimum absolute atomic E-state index is 0.220. The Labute approximate surface area is 110 Å². The molecule has 0 aromatic carbocycles. The lowest BCUT2D eigenvalue weighted by atomic mass is 10.00. The van der Waals surface area contributed by atoms with Gasteiger partial charge >= 0.3 is 0 Å². The number of nitrogens with zero attached hydrogens (tertiary/aromatic N) is 1. The molecule has 3 nitrogen and oxygen atoms in total. The van der Waals surface area contributed by atoms with Gasteiger partial charge in [0.25, 0.3) is 0 Å². The van der Waals surface area contributed by atoms with Crippen molar-refractivity contribution >= 4 is 0 Å². The molecule has 2 atom stereocenters. The first-order valence-electron chi connectivity index (χ1n) is 7.11. The molecular formula is C15H24N2O. The van der Waals surface area contributed by atoms with Gasteiger partial charge in [0.1, 0.15) is 11.5 Å². The molecule has 18 heavy (non-hydrogen) atoms. The number of hydrogen-bond acceptors (Lipinski definition) is 3. The monoisotopic (exact) mass is 248 g/mol. The van der Waals surface area contributed by atoms with Crippen LogP contribution in [0.4, 0.5) is 0 Å². The Morgan fingerprint density at radius 2 is 2.22 bits per heavy atom. The first-order valence-corrected chi connectivity index (χ1v) is 7.11. The van der Waals surface area contributed by atoms with Crippen molar-refractivity contribution in [3.63, 3.8) is 0 Å². The smallest absolute Gasteiger partial charge is 0.118 e. The van der Waals surface area contributed by atoms with Gasteiger partial charge in [0.05, 0.1) is 6.54 Å². The predicted molar refractivity (Wildman–Crippen MR) is 72.6 cm³/mol. The second kappa shape index (κ2) is 4.39. The fourth-order valence-corrected chi connectivity index (χ4v) is 2.90. The molecule has 1 aromatic rings. The van der Waals surface area contributed by atoms with E-state index in [9.17, 15) is 0 Å². The van der Waals surface area contributed by atoms with Crippen LogP contribution in [-0.4, -0.2) is 30.1 Å². The average Bonchev–Trinajstić information content (AvgIpc) is 2.87. The molecule has 0 spiro atoms. The van der Waals surface area contributed by atoms with Crippen LogP contribution in [0.3, 0.4) is 0 Å². The molecule has 1 aromatic heterocycles. The summed E-state index contributed by atoms with van der Waals surface area (Å²) in [6, 6.07) is 4.34. The van der Waals surface area contributed by atoms with Crippen molar-refractivity contribution < 1.29 is 4.42 Å². The minimum Gasteiger partial charge on any atom is -0.464 e. The van der Waals surface area contributed by atoms with E-state index in [-0.39, 0.29) is 5.54 Å². The molecule has 0 radical (unpaired) electrons. The maximum atomic E-state index is 6.01. The van der Waals surface area contributed by atoms with Crippen LogP contribution in [0.5, 0.6) is 0 Å². The van der Waals surface area contributed by atoms with Gasteiger partial charge in [-0.25, -0.2) is 0 Å². The zero-order chi connectivity index (χ0) is 12.8. The lowest BCUT2D eigenvalue weighted by molar-refractivity contribution is 0.0749. The number of piperazine rings is 1. The topological polar surface area (TPSA) is 28.4 Å². The summed E-state index contributed by atoms with van der Waals surface area (Å²) < 4.78 is 6.01. The van der Waals surface area contributed by atoms with Gasteiger partial charge in [-0.05, 0) is 38.3 Å². The van der Waals surface area contributed by atoms with Crippen molar-refractivity contribution in [2.24, 2.45) is 5.92 Å². The first kappa shape index (κ1) is 12.2. The number of furan rings is 1. The van der Waals surface area contributed by atoms with Gasteiger partial charge in [-0.1, -0.05) is 6.92 Å². The fourth-order valence-electron chi connectivity index (χ4n) is 2.90. The Morgan fingerprint density at radius 3 is 2.89 bits per heavy atom. The van der Waals surface area contributed by atoms with Crippen LogP contribution in [0.2, 0.25) is 0 Å². The summed E-state index contributed by atoms with van der Waals surface area (Å²) in [6.07, 6.45) is 1.30. The van der Waals surface area contributed by atoms with Crippen LogP contribution in [0.1, 0.15) is 44.6 Å². The van der Waals surface area contributed by atoms with Gasteiger partial charge in [0, 0.05) is 31.1 Å². The molecule has 2 unspecified atom stereocenters. The Morgan fingerprint density at radius 1 is 1.44 bits per heavy atom. The van der Waals surface area contributed by atoms with E-state index in [4.69, 9.17) is 4.42 Å². The summed E-state index contributed by atoms with van der Waals surface area (Å²) in [5.74, 6) is 3.83. The highest BCUT2D eigenvalue weighted by Gasteiger charge is 2.37. The summed E-state index contributed by atoms with van der Waals surface area (Å²) in [4.78, 5) is 2.52. The van der Waals surface area contributed by atoms with E-state index in [1.807, 2.05) is 0 Å². The zero-order valence-electron chi connectivity index (χ0n) is 11.7. The second-order valence-electron chi connectivity index (χ2n) is 6.53. The van der Waals surface area contributed by atoms with Crippen molar-refractivity contribution in [3.05, 3.63) is 23.7 Å². The van der Waals surface area contributed by atoms with Gasteiger partial charge in [-0.2, -0.15) is 0 Å². The third-order valence-electron chi connectivity index (χ3n) is 4.48. The summed E-state index contributed by atoms with van der Waals surface area (Å²) in [5, 5.41) is 3.46. The molecule has 1 N–H and O–H groups in total. The Balaban J connectivity index is 1.66. The van der Waals surface area contributed by atoms with E-state index >= 15 is 0 Å². The lowest BCUT2D eigenvalue weighted by Crippen LogP contribution is -2.57. The summed E-state index contributed by atoms with van der Waals surface area (Å²) >= 11 is 0. The summed E-state index contributed by atoms with van der Waals surface area (Å²) in [5.41, 5.74) is 0.220. The van der Waals surface area contributed by atoms with Crippen LogP contribution < -0.4 is 5.32 Å². The minimum atomic E-state index is 0.220. The SMILES string of the molecule is CC1CC1c1ccc(CN2CCNCC2(C)C)o1. The summed E-state index contributed by atoms with van der Waals surface area (Å²) in [7, 11) is 0. The highest BCUT2D eigenvalue weighted by atomic mass is 16.3. The van der Waals surface area contributed by atoms with Crippen molar-refractivity contribution in [1.82, 2.24) is 10.2 Å². The van der Waals surface area contributed by atoms with E-state index in [0.717, 1.165) is 37.9 Å². The van der Waals surface area contributed by atoms with Crippen molar-refractivity contribution in [2.45, 2.75) is 45.2 Å². The van der Waals surface area contributed by atoms with E-state index in [1.54, 1.807) is 0 Å². The van der Waals surface area contributed by atoms with Gasteiger partial charge in [0.15, 0.2) is 0 Å². The third-order valence-corrected chi connectivity index (χ3v) is 4.48. The van der Waals surface area contributed by atoms with Crippen LogP contribution >= 0.6 is 0 Å². The highest BCUT2D eigenvalue weighted by molar-refractivity contribution is 5.17. The Hall–Kier alpha value is -0.800. The highest BCUT2D eigenvalue weighted by Crippen LogP contribution is 2.47. The molecule has 0 bridgehead atoms. The molecule has 1 saturated carbocycles.